The van der Waals surface area contributed by atoms with Gasteiger partial charge in [-0.1, -0.05) is 30.3 Å². The Kier molecular flexibility index (Phi) is 5.08. The van der Waals surface area contributed by atoms with E-state index in [1.807, 2.05) is 30.3 Å². The van der Waals surface area contributed by atoms with Gasteiger partial charge in [0.05, 0.1) is 10.2 Å². The number of aromatic carboxylic acids is 1. The minimum atomic E-state index is -1.07. The molecule has 0 amide bonds. The third-order valence-electron chi connectivity index (χ3n) is 5.94. The van der Waals surface area contributed by atoms with Crippen LogP contribution in [-0.2, 0) is 6.54 Å². The number of phenols is 1. The second-order valence-corrected chi connectivity index (χ2v) is 8.57. The molecule has 7 heteroatoms. The highest BCUT2D eigenvalue weighted by molar-refractivity contribution is 9.10. The third-order valence-corrected chi connectivity index (χ3v) is 6.77. The number of anilines is 1. The van der Waals surface area contributed by atoms with Gasteiger partial charge >= 0.3 is 5.97 Å². The van der Waals surface area contributed by atoms with Gasteiger partial charge in [-0.3, -0.25) is 4.90 Å². The maximum absolute atomic E-state index is 11.2. The monoisotopic (exact) mass is 480 g/mol. The zero-order valence-electron chi connectivity index (χ0n) is 16.7. The lowest BCUT2D eigenvalue weighted by Crippen LogP contribution is -2.46. The number of benzene rings is 3. The molecule has 1 aromatic heterocycles. The number of carbonyl (C=O) groups is 1. The molecule has 0 bridgehead atoms. The van der Waals surface area contributed by atoms with Crippen molar-refractivity contribution >= 4 is 49.3 Å². The summed E-state index contributed by atoms with van der Waals surface area (Å²) in [5.41, 5.74) is 2.55. The lowest BCUT2D eigenvalue weighted by atomic mass is 10.0. The number of aromatic hydroxyl groups is 1. The molecule has 2 N–H and O–H groups in total. The van der Waals surface area contributed by atoms with Gasteiger partial charge in [0.25, 0.3) is 0 Å². The molecule has 0 radical (unpaired) electrons. The Morgan fingerprint density at radius 2 is 1.77 bits per heavy atom. The molecule has 4 aromatic rings. The number of carboxylic acids is 1. The van der Waals surface area contributed by atoms with E-state index in [1.54, 1.807) is 12.1 Å². The van der Waals surface area contributed by atoms with E-state index in [4.69, 9.17) is 4.42 Å². The Labute approximate surface area is 187 Å². The average Bonchev–Trinajstić information content (AvgIpc) is 3.23. The highest BCUT2D eigenvalue weighted by atomic mass is 79.9. The van der Waals surface area contributed by atoms with E-state index in [1.165, 1.54) is 0 Å². The maximum atomic E-state index is 11.2. The molecule has 0 atom stereocenters. The molecule has 5 rings (SSSR count). The Morgan fingerprint density at radius 1 is 1.00 bits per heavy atom. The van der Waals surface area contributed by atoms with Crippen LogP contribution < -0.4 is 4.90 Å². The summed E-state index contributed by atoms with van der Waals surface area (Å²) in [5, 5.41) is 22.6. The van der Waals surface area contributed by atoms with Gasteiger partial charge in [-0.25, -0.2) is 4.79 Å². The summed E-state index contributed by atoms with van der Waals surface area (Å²) in [4.78, 5) is 15.9. The molecule has 0 spiro atoms. The number of halogens is 1. The van der Waals surface area contributed by atoms with Crippen LogP contribution in [0.3, 0.4) is 0 Å². The fourth-order valence-corrected chi connectivity index (χ4v) is 4.97. The predicted molar refractivity (Wildman–Crippen MR) is 124 cm³/mol. The Bertz CT molecular complexity index is 1290. The van der Waals surface area contributed by atoms with E-state index in [0.29, 0.717) is 17.9 Å². The Balaban J connectivity index is 1.34. The van der Waals surface area contributed by atoms with E-state index in [-0.39, 0.29) is 5.76 Å². The van der Waals surface area contributed by atoms with Gasteiger partial charge in [0.1, 0.15) is 11.3 Å². The summed E-state index contributed by atoms with van der Waals surface area (Å²) in [6.45, 7) is 4.08. The standard InChI is InChI=1S/C24H21BrN2O4/c25-23-17-13-22(24(29)30)31-21(17)8-6-19(23)27-11-9-26(10-12-27)14-18-16-4-2-1-3-15(16)5-7-20(18)28/h1-8,13,28H,9-12,14H2,(H,29,30). The number of hydrogen-bond donors (Lipinski definition) is 2. The van der Waals surface area contributed by atoms with Crippen LogP contribution in [0.4, 0.5) is 5.69 Å². The van der Waals surface area contributed by atoms with Crippen molar-refractivity contribution in [3.63, 3.8) is 0 Å². The summed E-state index contributed by atoms with van der Waals surface area (Å²) in [5.74, 6) is -0.800. The van der Waals surface area contributed by atoms with E-state index < -0.39 is 5.97 Å². The molecule has 158 valence electrons. The SMILES string of the molecule is O=C(O)c1cc2c(Br)c(N3CCN(Cc4c(O)ccc5ccccc45)CC3)ccc2o1. The van der Waals surface area contributed by atoms with Crippen LogP contribution in [0.1, 0.15) is 16.1 Å². The molecule has 0 aliphatic carbocycles. The van der Waals surface area contributed by atoms with Crippen molar-refractivity contribution in [2.75, 3.05) is 31.1 Å². The predicted octanol–water partition coefficient (Wildman–Crippen LogP) is 5.07. The molecule has 6 nitrogen and oxygen atoms in total. The van der Waals surface area contributed by atoms with Crippen molar-refractivity contribution in [1.29, 1.82) is 0 Å². The molecule has 1 aliphatic heterocycles. The molecule has 31 heavy (non-hydrogen) atoms. The van der Waals surface area contributed by atoms with Gasteiger partial charge in [-0.05, 0) is 44.9 Å². The number of hydrogen-bond acceptors (Lipinski definition) is 5. The van der Waals surface area contributed by atoms with Gasteiger partial charge in [0, 0.05) is 49.7 Å². The third kappa shape index (κ3) is 3.64. The van der Waals surface area contributed by atoms with E-state index in [9.17, 15) is 15.0 Å². The van der Waals surface area contributed by atoms with Crippen LogP contribution in [0.2, 0.25) is 0 Å². The second kappa shape index (κ2) is 7.90. The number of fused-ring (bicyclic) bond motifs is 2. The maximum Gasteiger partial charge on any atom is 0.371 e. The molecule has 1 aliphatic rings. The molecular formula is C24H21BrN2O4. The smallest absolute Gasteiger partial charge is 0.371 e. The van der Waals surface area contributed by atoms with Gasteiger partial charge < -0.3 is 19.5 Å². The van der Waals surface area contributed by atoms with E-state index in [2.05, 4.69) is 37.9 Å². The largest absolute Gasteiger partial charge is 0.508 e. The normalized spacial score (nSPS) is 15.1. The lowest BCUT2D eigenvalue weighted by Gasteiger charge is -2.36. The first-order valence-corrected chi connectivity index (χ1v) is 10.9. The van der Waals surface area contributed by atoms with Crippen LogP contribution in [-0.4, -0.2) is 47.3 Å². The quantitative estimate of drug-likeness (QED) is 0.424. The van der Waals surface area contributed by atoms with Gasteiger partial charge in [-0.15, -0.1) is 0 Å². The summed E-state index contributed by atoms with van der Waals surface area (Å²) < 4.78 is 6.25. The molecule has 3 aromatic carbocycles. The van der Waals surface area contributed by atoms with Crippen molar-refractivity contribution in [3.8, 4) is 5.75 Å². The number of piperazine rings is 1. The topological polar surface area (TPSA) is 77.2 Å². The number of rotatable bonds is 4. The highest BCUT2D eigenvalue weighted by Crippen LogP contribution is 2.36. The average molecular weight is 481 g/mol. The lowest BCUT2D eigenvalue weighted by molar-refractivity contribution is 0.0665. The number of nitrogens with zero attached hydrogens (tertiary/aromatic N) is 2. The zero-order chi connectivity index (χ0) is 21.5. The van der Waals surface area contributed by atoms with Gasteiger partial charge in [0.15, 0.2) is 0 Å². The fraction of sp³-hybridized carbons (Fsp3) is 0.208. The number of phenolic OH excluding ortho intramolecular Hbond substituents is 1. The highest BCUT2D eigenvalue weighted by Gasteiger charge is 2.22. The summed E-state index contributed by atoms with van der Waals surface area (Å²) in [6.07, 6.45) is 0. The van der Waals surface area contributed by atoms with Gasteiger partial charge in [0.2, 0.25) is 5.76 Å². The van der Waals surface area contributed by atoms with Crippen molar-refractivity contribution in [1.82, 2.24) is 4.90 Å². The molecule has 0 saturated carbocycles. The van der Waals surface area contributed by atoms with Crippen LogP contribution in [0.25, 0.3) is 21.7 Å². The first-order valence-electron chi connectivity index (χ1n) is 10.1. The van der Waals surface area contributed by atoms with E-state index in [0.717, 1.165) is 58.1 Å². The van der Waals surface area contributed by atoms with Crippen molar-refractivity contribution < 1.29 is 19.4 Å². The van der Waals surface area contributed by atoms with Crippen LogP contribution in [0.5, 0.6) is 5.75 Å². The zero-order valence-corrected chi connectivity index (χ0v) is 18.3. The summed E-state index contributed by atoms with van der Waals surface area (Å²) in [6, 6.07) is 17.2. The van der Waals surface area contributed by atoms with E-state index >= 15 is 0 Å². The Morgan fingerprint density at radius 3 is 2.55 bits per heavy atom. The second-order valence-electron chi connectivity index (χ2n) is 7.77. The van der Waals surface area contributed by atoms with Crippen molar-refractivity contribution in [3.05, 3.63) is 70.4 Å². The fourth-order valence-electron chi connectivity index (χ4n) is 4.28. The summed E-state index contributed by atoms with van der Waals surface area (Å²) in [7, 11) is 0. The summed E-state index contributed by atoms with van der Waals surface area (Å²) >= 11 is 3.64. The minimum absolute atomic E-state index is 0.0624. The number of furan rings is 1. The van der Waals surface area contributed by atoms with Crippen LogP contribution >= 0.6 is 15.9 Å². The first kappa shape index (κ1) is 19.9. The van der Waals surface area contributed by atoms with Crippen LogP contribution in [0.15, 0.2) is 63.5 Å². The Hall–Kier alpha value is -3.03. The molecule has 1 fully saturated rings. The van der Waals surface area contributed by atoms with Crippen molar-refractivity contribution in [2.45, 2.75) is 6.54 Å². The molecule has 1 saturated heterocycles. The molecular weight excluding hydrogens is 460 g/mol. The minimum Gasteiger partial charge on any atom is -0.508 e. The molecule has 2 heterocycles. The van der Waals surface area contributed by atoms with Crippen molar-refractivity contribution in [2.24, 2.45) is 0 Å². The van der Waals surface area contributed by atoms with Crippen LogP contribution in [0, 0.1) is 0 Å². The molecule has 0 unspecified atom stereocenters. The number of carboxylic acid groups (broad SMARTS) is 1. The first-order chi connectivity index (χ1) is 15.0. The van der Waals surface area contributed by atoms with Gasteiger partial charge in [-0.2, -0.15) is 0 Å².